The Morgan fingerprint density at radius 2 is 2.12 bits per heavy atom. The molecule has 0 aliphatic heterocycles. The zero-order chi connectivity index (χ0) is 12.1. The number of rotatable bonds is 5. The van der Waals surface area contributed by atoms with Crippen LogP contribution in [0.5, 0.6) is 0 Å². The second-order valence-corrected chi connectivity index (χ2v) is 4.42. The number of aromatic nitrogens is 5. The van der Waals surface area contributed by atoms with Gasteiger partial charge in [0.1, 0.15) is 6.33 Å². The van der Waals surface area contributed by atoms with E-state index in [1.165, 1.54) is 11.8 Å². The van der Waals surface area contributed by atoms with E-state index < -0.39 is 0 Å². The highest BCUT2D eigenvalue weighted by atomic mass is 32.2. The van der Waals surface area contributed by atoms with Gasteiger partial charge in [-0.15, -0.1) is 10.2 Å². The van der Waals surface area contributed by atoms with Crippen LogP contribution in [0.2, 0.25) is 0 Å². The van der Waals surface area contributed by atoms with Crippen molar-refractivity contribution in [3.8, 4) is 0 Å². The highest BCUT2D eigenvalue weighted by molar-refractivity contribution is 7.99. The van der Waals surface area contributed by atoms with Crippen LogP contribution in [0.4, 0.5) is 0 Å². The van der Waals surface area contributed by atoms with Crippen LogP contribution in [0.3, 0.4) is 0 Å². The highest BCUT2D eigenvalue weighted by Gasteiger charge is 2.05. The van der Waals surface area contributed by atoms with Gasteiger partial charge in [-0.05, 0) is 18.3 Å². The van der Waals surface area contributed by atoms with Crippen molar-refractivity contribution in [3.63, 3.8) is 0 Å². The summed E-state index contributed by atoms with van der Waals surface area (Å²) in [4.78, 5) is 8.56. The smallest absolute Gasteiger partial charge is 0.198 e. The van der Waals surface area contributed by atoms with Crippen LogP contribution in [0, 0.1) is 0 Å². The van der Waals surface area contributed by atoms with Crippen molar-refractivity contribution in [1.82, 2.24) is 30.0 Å². The molecule has 2 heterocycles. The Balaban J connectivity index is 2.01. The van der Waals surface area contributed by atoms with Crippen LogP contribution in [0.25, 0.3) is 0 Å². The molecular weight excluding hydrogens is 236 g/mol. The summed E-state index contributed by atoms with van der Waals surface area (Å²) in [6.07, 6.45) is 5.31. The molecule has 2 rings (SSSR count). The lowest BCUT2D eigenvalue weighted by molar-refractivity contribution is 0.715. The maximum absolute atomic E-state index is 4.28. The zero-order valence-corrected chi connectivity index (χ0v) is 10.6. The van der Waals surface area contributed by atoms with Crippen molar-refractivity contribution < 1.29 is 0 Å². The fourth-order valence-corrected chi connectivity index (χ4v) is 1.86. The summed E-state index contributed by atoms with van der Waals surface area (Å²) in [6, 6.07) is 0. The minimum Gasteiger partial charge on any atom is -0.313 e. The average molecular weight is 250 g/mol. The Morgan fingerprint density at radius 3 is 2.71 bits per heavy atom. The summed E-state index contributed by atoms with van der Waals surface area (Å²) < 4.78 is 1.83. The molecule has 0 aliphatic carbocycles. The van der Waals surface area contributed by atoms with Crippen molar-refractivity contribution in [3.05, 3.63) is 24.3 Å². The van der Waals surface area contributed by atoms with Gasteiger partial charge in [-0.25, -0.2) is 9.97 Å². The molecule has 90 valence electrons. The Kier molecular flexibility index (Phi) is 4.05. The van der Waals surface area contributed by atoms with Crippen molar-refractivity contribution in [1.29, 1.82) is 0 Å². The highest BCUT2D eigenvalue weighted by Crippen LogP contribution is 2.20. The third kappa shape index (κ3) is 3.24. The van der Waals surface area contributed by atoms with Crippen molar-refractivity contribution in [2.24, 2.45) is 7.05 Å². The number of aryl methyl sites for hydroxylation is 1. The fourth-order valence-electron chi connectivity index (χ4n) is 1.20. The van der Waals surface area contributed by atoms with Gasteiger partial charge in [0.15, 0.2) is 10.3 Å². The molecule has 0 bridgehead atoms. The molecule has 0 aliphatic rings. The molecule has 1 N–H and O–H groups in total. The van der Waals surface area contributed by atoms with Gasteiger partial charge < -0.3 is 9.88 Å². The molecule has 7 heteroatoms. The maximum atomic E-state index is 4.28. The molecule has 2 aromatic rings. The predicted octanol–water partition coefficient (Wildman–Crippen LogP) is 0.866. The number of hydrogen-bond donors (Lipinski definition) is 1. The summed E-state index contributed by atoms with van der Waals surface area (Å²) in [5.74, 6) is 0. The van der Waals surface area contributed by atoms with Crippen molar-refractivity contribution >= 4 is 11.8 Å². The summed E-state index contributed by atoms with van der Waals surface area (Å²) in [6.45, 7) is 3.81. The number of nitrogens with zero attached hydrogens (tertiary/aromatic N) is 5. The third-order valence-corrected chi connectivity index (χ3v) is 3.06. The molecule has 0 fully saturated rings. The van der Waals surface area contributed by atoms with Crippen molar-refractivity contribution in [2.45, 2.75) is 23.8 Å². The second-order valence-electron chi connectivity index (χ2n) is 3.48. The molecule has 0 saturated heterocycles. The van der Waals surface area contributed by atoms with Gasteiger partial charge >= 0.3 is 0 Å². The first kappa shape index (κ1) is 12.0. The molecule has 0 unspecified atom stereocenters. The first-order valence-corrected chi connectivity index (χ1v) is 6.14. The van der Waals surface area contributed by atoms with Gasteiger partial charge in [-0.3, -0.25) is 0 Å². The maximum Gasteiger partial charge on any atom is 0.198 e. The van der Waals surface area contributed by atoms with E-state index in [-0.39, 0.29) is 0 Å². The quantitative estimate of drug-likeness (QED) is 0.794. The van der Waals surface area contributed by atoms with Crippen LogP contribution in [0.1, 0.15) is 12.5 Å². The lowest BCUT2D eigenvalue weighted by Crippen LogP contribution is -2.12. The summed E-state index contributed by atoms with van der Waals surface area (Å²) in [7, 11) is 1.89. The van der Waals surface area contributed by atoms with E-state index in [1.54, 1.807) is 6.33 Å². The van der Waals surface area contributed by atoms with E-state index >= 15 is 0 Å². The van der Waals surface area contributed by atoms with Gasteiger partial charge in [0.25, 0.3) is 0 Å². The summed E-state index contributed by atoms with van der Waals surface area (Å²) >= 11 is 1.40. The van der Waals surface area contributed by atoms with Gasteiger partial charge in [0.05, 0.1) is 0 Å². The number of hydrogen-bond acceptors (Lipinski definition) is 6. The predicted molar refractivity (Wildman–Crippen MR) is 64.5 cm³/mol. The lowest BCUT2D eigenvalue weighted by atomic mass is 10.3. The van der Waals surface area contributed by atoms with Gasteiger partial charge in [-0.2, -0.15) is 0 Å². The van der Waals surface area contributed by atoms with E-state index in [0.717, 1.165) is 23.8 Å². The third-order valence-electron chi connectivity index (χ3n) is 2.11. The summed E-state index contributed by atoms with van der Waals surface area (Å²) in [5.41, 5.74) is 1.08. The lowest BCUT2D eigenvalue weighted by Gasteiger charge is -2.02. The Morgan fingerprint density at radius 1 is 1.35 bits per heavy atom. The minimum atomic E-state index is 0.682. The Bertz CT molecular complexity index is 466. The SMILES string of the molecule is CCNCc1cnc(Sc2nncn2C)nc1. The molecular formula is C10H14N6S. The first-order valence-electron chi connectivity index (χ1n) is 5.33. The van der Waals surface area contributed by atoms with Crippen LogP contribution < -0.4 is 5.32 Å². The number of nitrogens with one attached hydrogen (secondary N) is 1. The molecule has 17 heavy (non-hydrogen) atoms. The average Bonchev–Trinajstić information content (AvgIpc) is 2.74. The van der Waals surface area contributed by atoms with Gasteiger partial charge in [-0.1, -0.05) is 6.92 Å². The minimum absolute atomic E-state index is 0.682. The van der Waals surface area contributed by atoms with E-state index in [1.807, 2.05) is 24.0 Å². The van der Waals surface area contributed by atoms with Crippen LogP contribution in [-0.2, 0) is 13.6 Å². The van der Waals surface area contributed by atoms with E-state index in [0.29, 0.717) is 5.16 Å². The largest absolute Gasteiger partial charge is 0.313 e. The van der Waals surface area contributed by atoms with E-state index in [4.69, 9.17) is 0 Å². The molecule has 0 spiro atoms. The van der Waals surface area contributed by atoms with Crippen LogP contribution in [0.15, 0.2) is 29.0 Å². The topological polar surface area (TPSA) is 68.5 Å². The Hall–Kier alpha value is -1.47. The van der Waals surface area contributed by atoms with Crippen molar-refractivity contribution in [2.75, 3.05) is 6.54 Å². The molecule has 0 atom stereocenters. The molecule has 0 aromatic carbocycles. The van der Waals surface area contributed by atoms with Crippen LogP contribution >= 0.6 is 11.8 Å². The fraction of sp³-hybridized carbons (Fsp3) is 0.400. The van der Waals surface area contributed by atoms with Gasteiger partial charge in [0, 0.05) is 31.5 Å². The molecule has 2 aromatic heterocycles. The van der Waals surface area contributed by atoms with E-state index in [9.17, 15) is 0 Å². The monoisotopic (exact) mass is 250 g/mol. The molecule has 0 radical (unpaired) electrons. The molecule has 0 saturated carbocycles. The van der Waals surface area contributed by atoms with Gasteiger partial charge in [0.2, 0.25) is 0 Å². The van der Waals surface area contributed by atoms with Crippen LogP contribution in [-0.4, -0.2) is 31.3 Å². The normalized spacial score (nSPS) is 10.7. The standard InChI is InChI=1S/C10H14N6S/c1-3-11-4-8-5-12-9(13-6-8)17-10-15-14-7-16(10)2/h5-7,11H,3-4H2,1-2H3. The first-order chi connectivity index (χ1) is 8.29. The zero-order valence-electron chi connectivity index (χ0n) is 9.79. The Labute approximate surface area is 104 Å². The molecule has 0 amide bonds. The second kappa shape index (κ2) is 5.74. The molecule has 6 nitrogen and oxygen atoms in total. The summed E-state index contributed by atoms with van der Waals surface area (Å²) in [5, 5.41) is 12.5. The van der Waals surface area contributed by atoms with E-state index in [2.05, 4.69) is 32.4 Å².